The number of hydrogen-bond donors (Lipinski definition) is 0. The first-order chi connectivity index (χ1) is 9.24. The summed E-state index contributed by atoms with van der Waals surface area (Å²) < 4.78 is 1.91. The van der Waals surface area contributed by atoms with Crippen LogP contribution in [0.4, 0.5) is 0 Å². The third-order valence-corrected chi connectivity index (χ3v) is 5.75. The Balaban J connectivity index is 1.71. The molecule has 100 valence electrons. The average Bonchev–Trinajstić information content (AvgIpc) is 2.69. The van der Waals surface area contributed by atoms with E-state index in [0.717, 1.165) is 23.7 Å². The van der Waals surface area contributed by atoms with Crippen molar-refractivity contribution < 1.29 is 0 Å². The second-order valence-electron chi connectivity index (χ2n) is 7.00. The molecule has 1 heterocycles. The van der Waals surface area contributed by atoms with E-state index in [-0.39, 0.29) is 0 Å². The Morgan fingerprint density at radius 2 is 1.84 bits per heavy atom. The van der Waals surface area contributed by atoms with E-state index < -0.39 is 0 Å². The number of nitrogens with zero attached hydrogens (tertiary/aromatic N) is 3. The molecular formula is C16H21N3. The molecular weight excluding hydrogens is 234 g/mol. The first-order valence-corrected chi connectivity index (χ1v) is 7.64. The fraction of sp³-hybridized carbons (Fsp3) is 0.750. The van der Waals surface area contributed by atoms with Gasteiger partial charge in [-0.2, -0.15) is 10.4 Å². The fourth-order valence-electron chi connectivity index (χ4n) is 5.43. The summed E-state index contributed by atoms with van der Waals surface area (Å²) in [5, 5.41) is 13.8. The largest absolute Gasteiger partial charge is 0.275 e. The predicted molar refractivity (Wildman–Crippen MR) is 72.3 cm³/mol. The Morgan fingerprint density at radius 1 is 1.21 bits per heavy atom. The molecule has 0 spiro atoms. The first kappa shape index (κ1) is 11.5. The lowest BCUT2D eigenvalue weighted by Gasteiger charge is -2.54. The van der Waals surface area contributed by atoms with Gasteiger partial charge in [-0.25, -0.2) is 0 Å². The summed E-state index contributed by atoms with van der Waals surface area (Å²) in [5.74, 6) is 4.35. The molecule has 0 aromatic carbocycles. The van der Waals surface area contributed by atoms with Crippen LogP contribution in [0.5, 0.6) is 0 Å². The molecule has 0 saturated heterocycles. The van der Waals surface area contributed by atoms with E-state index in [1.807, 2.05) is 11.7 Å². The second-order valence-corrected chi connectivity index (χ2v) is 7.00. The van der Waals surface area contributed by atoms with Crippen LogP contribution >= 0.6 is 0 Å². The molecule has 0 unspecified atom stereocenters. The van der Waals surface area contributed by atoms with Gasteiger partial charge >= 0.3 is 0 Å². The number of hydrogen-bond acceptors (Lipinski definition) is 2. The van der Waals surface area contributed by atoms with E-state index >= 15 is 0 Å². The molecule has 4 bridgehead atoms. The molecule has 0 atom stereocenters. The summed E-state index contributed by atoms with van der Waals surface area (Å²) in [4.78, 5) is 0. The highest BCUT2D eigenvalue weighted by molar-refractivity contribution is 5.27. The molecule has 0 N–H and O–H groups in total. The lowest BCUT2D eigenvalue weighted by molar-refractivity contribution is -0.00453. The zero-order chi connectivity index (χ0) is 13.0. The standard InChI is InChI=1S/C16H21N3/c1-19-9-12(2-3-17)16(18-19)15-13-5-10-4-11(7-13)8-14(15)6-10/h9-11,13-15H,2,4-8H2,1H3. The molecule has 3 nitrogen and oxygen atoms in total. The van der Waals surface area contributed by atoms with Gasteiger partial charge in [-0.05, 0) is 55.8 Å². The topological polar surface area (TPSA) is 41.6 Å². The van der Waals surface area contributed by atoms with E-state index in [2.05, 4.69) is 12.3 Å². The summed E-state index contributed by atoms with van der Waals surface area (Å²) in [6.45, 7) is 0. The van der Waals surface area contributed by atoms with Crippen molar-refractivity contribution in [1.82, 2.24) is 9.78 Å². The zero-order valence-electron chi connectivity index (χ0n) is 11.5. The summed E-state index contributed by atoms with van der Waals surface area (Å²) >= 11 is 0. The lowest BCUT2D eigenvalue weighted by atomic mass is 9.51. The normalized spacial score (nSPS) is 39.5. The minimum atomic E-state index is 0.520. The summed E-state index contributed by atoms with van der Waals surface area (Å²) in [7, 11) is 1.99. The second kappa shape index (κ2) is 4.10. The summed E-state index contributed by atoms with van der Waals surface area (Å²) in [6, 6.07) is 2.31. The molecule has 4 saturated carbocycles. The van der Waals surface area contributed by atoms with Gasteiger partial charge in [-0.15, -0.1) is 0 Å². The van der Waals surface area contributed by atoms with Crippen LogP contribution in [-0.4, -0.2) is 9.78 Å². The molecule has 4 aliphatic carbocycles. The highest BCUT2D eigenvalue weighted by Crippen LogP contribution is 2.59. The molecule has 4 aliphatic rings. The van der Waals surface area contributed by atoms with Crippen LogP contribution in [0.1, 0.15) is 49.3 Å². The molecule has 0 aliphatic heterocycles. The van der Waals surface area contributed by atoms with Crippen molar-refractivity contribution in [2.75, 3.05) is 0 Å². The first-order valence-electron chi connectivity index (χ1n) is 7.64. The van der Waals surface area contributed by atoms with Crippen molar-refractivity contribution in [2.45, 2.75) is 44.4 Å². The Morgan fingerprint density at radius 3 is 2.42 bits per heavy atom. The molecule has 0 radical (unpaired) electrons. The summed E-state index contributed by atoms with van der Waals surface area (Å²) in [5.41, 5.74) is 2.44. The lowest BCUT2D eigenvalue weighted by Crippen LogP contribution is -2.44. The maximum absolute atomic E-state index is 9.02. The van der Waals surface area contributed by atoms with Gasteiger partial charge in [0.05, 0.1) is 18.2 Å². The van der Waals surface area contributed by atoms with Crippen molar-refractivity contribution in [3.8, 4) is 6.07 Å². The van der Waals surface area contributed by atoms with Gasteiger partial charge in [0.2, 0.25) is 0 Å². The van der Waals surface area contributed by atoms with Gasteiger partial charge in [0, 0.05) is 24.7 Å². The zero-order valence-corrected chi connectivity index (χ0v) is 11.5. The maximum atomic E-state index is 9.02. The predicted octanol–water partition coefficient (Wildman–Crippen LogP) is 3.03. The van der Waals surface area contributed by atoms with E-state index in [1.165, 1.54) is 43.4 Å². The Bertz CT molecular complexity index is 509. The van der Waals surface area contributed by atoms with Crippen molar-refractivity contribution in [3.05, 3.63) is 17.5 Å². The van der Waals surface area contributed by atoms with Gasteiger partial charge < -0.3 is 0 Å². The number of aryl methyl sites for hydroxylation is 1. The van der Waals surface area contributed by atoms with Gasteiger partial charge in [0.15, 0.2) is 0 Å². The van der Waals surface area contributed by atoms with E-state index in [0.29, 0.717) is 12.3 Å². The van der Waals surface area contributed by atoms with Crippen molar-refractivity contribution >= 4 is 0 Å². The van der Waals surface area contributed by atoms with Crippen molar-refractivity contribution in [2.24, 2.45) is 30.7 Å². The minimum absolute atomic E-state index is 0.520. The van der Waals surface area contributed by atoms with E-state index in [4.69, 9.17) is 10.4 Å². The monoisotopic (exact) mass is 255 g/mol. The molecule has 1 aromatic rings. The molecule has 3 heteroatoms. The van der Waals surface area contributed by atoms with Crippen molar-refractivity contribution in [1.29, 1.82) is 5.26 Å². The Hall–Kier alpha value is -1.30. The molecule has 5 rings (SSSR count). The van der Waals surface area contributed by atoms with Crippen LogP contribution in [-0.2, 0) is 13.5 Å². The van der Waals surface area contributed by atoms with E-state index in [9.17, 15) is 0 Å². The van der Waals surface area contributed by atoms with Crippen LogP contribution in [0.3, 0.4) is 0 Å². The average molecular weight is 255 g/mol. The smallest absolute Gasteiger partial charge is 0.0703 e. The van der Waals surface area contributed by atoms with Crippen LogP contribution in [0.2, 0.25) is 0 Å². The molecule has 0 amide bonds. The highest BCUT2D eigenvalue weighted by atomic mass is 15.3. The maximum Gasteiger partial charge on any atom is 0.0703 e. The fourth-order valence-corrected chi connectivity index (χ4v) is 5.43. The molecule has 4 fully saturated rings. The number of nitriles is 1. The van der Waals surface area contributed by atoms with Gasteiger partial charge in [0.25, 0.3) is 0 Å². The highest BCUT2D eigenvalue weighted by Gasteiger charge is 2.49. The molecule has 1 aromatic heterocycles. The Labute approximate surface area is 114 Å². The van der Waals surface area contributed by atoms with Crippen LogP contribution in [0.15, 0.2) is 6.20 Å². The van der Waals surface area contributed by atoms with Crippen LogP contribution < -0.4 is 0 Å². The number of rotatable bonds is 2. The minimum Gasteiger partial charge on any atom is -0.275 e. The van der Waals surface area contributed by atoms with Gasteiger partial charge in [-0.3, -0.25) is 4.68 Å². The SMILES string of the molecule is Cn1cc(CC#N)c(C2C3CC4CC(C3)CC2C4)n1. The van der Waals surface area contributed by atoms with Crippen LogP contribution in [0, 0.1) is 35.0 Å². The quantitative estimate of drug-likeness (QED) is 0.815. The van der Waals surface area contributed by atoms with Crippen molar-refractivity contribution in [3.63, 3.8) is 0 Å². The van der Waals surface area contributed by atoms with E-state index in [1.54, 1.807) is 0 Å². The van der Waals surface area contributed by atoms with Gasteiger partial charge in [0.1, 0.15) is 0 Å². The van der Waals surface area contributed by atoms with Crippen LogP contribution in [0.25, 0.3) is 0 Å². The third kappa shape index (κ3) is 1.73. The number of aromatic nitrogens is 2. The molecule has 19 heavy (non-hydrogen) atoms. The third-order valence-electron chi connectivity index (χ3n) is 5.75. The summed E-state index contributed by atoms with van der Waals surface area (Å²) in [6.07, 6.45) is 9.74. The van der Waals surface area contributed by atoms with Gasteiger partial charge in [-0.1, -0.05) is 0 Å². The Kier molecular flexibility index (Phi) is 2.48.